The fourth-order valence-electron chi connectivity index (χ4n) is 1.47. The zero-order chi connectivity index (χ0) is 13.9. The smallest absolute Gasteiger partial charge is 0.244 e. The second-order valence-corrected chi connectivity index (χ2v) is 5.79. The molecule has 100 valence electrons. The number of amides is 1. The number of hydrogen-bond acceptors (Lipinski definition) is 2. The van der Waals surface area contributed by atoms with Gasteiger partial charge in [-0.15, -0.1) is 0 Å². The van der Waals surface area contributed by atoms with E-state index < -0.39 is 5.54 Å². The highest BCUT2D eigenvalue weighted by Crippen LogP contribution is 2.34. The third-order valence-corrected chi connectivity index (χ3v) is 4.01. The summed E-state index contributed by atoms with van der Waals surface area (Å²) in [7, 11) is 0. The highest BCUT2D eigenvalue weighted by molar-refractivity contribution is 9.10. The summed E-state index contributed by atoms with van der Waals surface area (Å²) in [6, 6.07) is 3.33. The first-order valence-corrected chi connectivity index (χ1v) is 7.13. The van der Waals surface area contributed by atoms with Crippen LogP contribution in [0.15, 0.2) is 16.6 Å². The molecule has 0 aromatic heterocycles. The minimum atomic E-state index is -0.903. The van der Waals surface area contributed by atoms with Gasteiger partial charge in [-0.2, -0.15) is 0 Å². The summed E-state index contributed by atoms with van der Waals surface area (Å²) < 4.78 is 0.750. The predicted molar refractivity (Wildman–Crippen MR) is 80.3 cm³/mol. The Bertz CT molecular complexity index is 438. The third-order valence-electron chi connectivity index (χ3n) is 2.96. The van der Waals surface area contributed by atoms with Gasteiger partial charge < -0.3 is 11.1 Å². The van der Waals surface area contributed by atoms with Gasteiger partial charge in [0.25, 0.3) is 0 Å². The number of carbonyl (C=O) groups is 1. The average Bonchev–Trinajstić information content (AvgIpc) is 2.32. The molecule has 6 heteroatoms. The van der Waals surface area contributed by atoms with Gasteiger partial charge in [-0.1, -0.05) is 53.0 Å². The van der Waals surface area contributed by atoms with Crippen LogP contribution in [-0.2, 0) is 4.79 Å². The molecule has 0 aliphatic heterocycles. The highest BCUT2D eigenvalue weighted by Gasteiger charge is 2.30. The number of nitrogens with two attached hydrogens (primary N) is 1. The second kappa shape index (κ2) is 6.24. The molecule has 0 aliphatic rings. The molecule has 0 atom stereocenters. The molecule has 0 aliphatic carbocycles. The second-order valence-electron chi connectivity index (χ2n) is 4.06. The Balaban J connectivity index is 3.02. The summed E-state index contributed by atoms with van der Waals surface area (Å²) in [5.74, 6) is -0.279. The van der Waals surface area contributed by atoms with Crippen molar-refractivity contribution >= 4 is 50.7 Å². The minimum Gasteiger partial charge on any atom is -0.322 e. The lowest BCUT2D eigenvalue weighted by Gasteiger charge is -2.25. The van der Waals surface area contributed by atoms with Crippen molar-refractivity contribution in [3.63, 3.8) is 0 Å². The molecule has 0 saturated carbocycles. The standard InChI is InChI=1S/C12H15BrCl2N2O/c1-3-12(16,4-2)11(18)17-10-8(14)5-7(13)6-9(10)15/h5-6H,3-4,16H2,1-2H3,(H,17,18). The maximum Gasteiger partial charge on any atom is 0.244 e. The first kappa shape index (κ1) is 15.8. The number of benzene rings is 1. The van der Waals surface area contributed by atoms with Crippen LogP contribution in [0.4, 0.5) is 5.69 Å². The van der Waals surface area contributed by atoms with Crippen LogP contribution in [0.1, 0.15) is 26.7 Å². The number of halogens is 3. The fourth-order valence-corrected chi connectivity index (χ4v) is 2.77. The summed E-state index contributed by atoms with van der Waals surface area (Å²) in [4.78, 5) is 12.1. The number of anilines is 1. The van der Waals surface area contributed by atoms with Gasteiger partial charge in [0.15, 0.2) is 0 Å². The van der Waals surface area contributed by atoms with Crippen molar-refractivity contribution in [1.82, 2.24) is 0 Å². The summed E-state index contributed by atoms with van der Waals surface area (Å²) in [6.07, 6.45) is 1.09. The normalized spacial score (nSPS) is 11.4. The van der Waals surface area contributed by atoms with Crippen molar-refractivity contribution in [2.75, 3.05) is 5.32 Å². The molecular formula is C12H15BrCl2N2O. The molecule has 0 bridgehead atoms. The number of nitrogens with one attached hydrogen (secondary N) is 1. The van der Waals surface area contributed by atoms with Gasteiger partial charge in [0, 0.05) is 4.47 Å². The largest absolute Gasteiger partial charge is 0.322 e. The van der Waals surface area contributed by atoms with Crippen LogP contribution in [0, 0.1) is 0 Å². The van der Waals surface area contributed by atoms with E-state index in [4.69, 9.17) is 28.9 Å². The van der Waals surface area contributed by atoms with Crippen LogP contribution >= 0.6 is 39.1 Å². The van der Waals surface area contributed by atoms with E-state index in [0.717, 1.165) is 4.47 Å². The van der Waals surface area contributed by atoms with E-state index in [-0.39, 0.29) is 5.91 Å². The first-order chi connectivity index (χ1) is 8.34. The number of rotatable bonds is 4. The van der Waals surface area contributed by atoms with Crippen LogP contribution in [0.5, 0.6) is 0 Å². The van der Waals surface area contributed by atoms with Crippen LogP contribution in [0.2, 0.25) is 10.0 Å². The fraction of sp³-hybridized carbons (Fsp3) is 0.417. The molecular weight excluding hydrogens is 339 g/mol. The Morgan fingerprint density at radius 2 is 1.78 bits per heavy atom. The molecule has 1 rings (SSSR count). The van der Waals surface area contributed by atoms with Gasteiger partial charge in [0.2, 0.25) is 5.91 Å². The van der Waals surface area contributed by atoms with Crippen molar-refractivity contribution in [3.05, 3.63) is 26.7 Å². The quantitative estimate of drug-likeness (QED) is 0.851. The van der Waals surface area contributed by atoms with Gasteiger partial charge in [0.05, 0.1) is 21.3 Å². The van der Waals surface area contributed by atoms with Gasteiger partial charge in [0.1, 0.15) is 0 Å². The average molecular weight is 354 g/mol. The Hall–Kier alpha value is -0.290. The van der Waals surface area contributed by atoms with E-state index in [2.05, 4.69) is 21.2 Å². The third kappa shape index (κ3) is 3.38. The SMILES string of the molecule is CCC(N)(CC)C(=O)Nc1c(Cl)cc(Br)cc1Cl. The molecule has 1 aromatic rings. The van der Waals surface area contributed by atoms with Crippen LogP contribution in [0.3, 0.4) is 0 Å². The van der Waals surface area contributed by atoms with E-state index in [1.165, 1.54) is 0 Å². The molecule has 0 spiro atoms. The maximum absolute atomic E-state index is 12.1. The molecule has 0 unspecified atom stereocenters. The van der Waals surface area contributed by atoms with E-state index >= 15 is 0 Å². The van der Waals surface area contributed by atoms with Crippen molar-refractivity contribution < 1.29 is 4.79 Å². The van der Waals surface area contributed by atoms with Crippen LogP contribution in [0.25, 0.3) is 0 Å². The molecule has 3 nitrogen and oxygen atoms in total. The van der Waals surface area contributed by atoms with Gasteiger partial charge in [-0.25, -0.2) is 0 Å². The van der Waals surface area contributed by atoms with Crippen LogP contribution in [-0.4, -0.2) is 11.4 Å². The van der Waals surface area contributed by atoms with Crippen molar-refractivity contribution in [3.8, 4) is 0 Å². The van der Waals surface area contributed by atoms with Gasteiger partial charge in [-0.3, -0.25) is 4.79 Å². The first-order valence-electron chi connectivity index (χ1n) is 5.59. The summed E-state index contributed by atoms with van der Waals surface area (Å²) in [5, 5.41) is 3.44. The summed E-state index contributed by atoms with van der Waals surface area (Å²) >= 11 is 15.4. The van der Waals surface area contributed by atoms with E-state index in [1.54, 1.807) is 12.1 Å². The maximum atomic E-state index is 12.1. The Kier molecular flexibility index (Phi) is 5.46. The summed E-state index contributed by atoms with van der Waals surface area (Å²) in [6.45, 7) is 3.74. The number of carbonyl (C=O) groups excluding carboxylic acids is 1. The van der Waals surface area contributed by atoms with Gasteiger partial charge in [-0.05, 0) is 25.0 Å². The van der Waals surface area contributed by atoms with E-state index in [1.807, 2.05) is 13.8 Å². The minimum absolute atomic E-state index is 0.279. The monoisotopic (exact) mass is 352 g/mol. The molecule has 0 heterocycles. The Morgan fingerprint density at radius 1 is 1.33 bits per heavy atom. The lowest BCUT2D eigenvalue weighted by atomic mass is 9.93. The van der Waals surface area contributed by atoms with Crippen molar-refractivity contribution in [1.29, 1.82) is 0 Å². The lowest BCUT2D eigenvalue weighted by Crippen LogP contribution is -2.50. The predicted octanol–water partition coefficient (Wildman–Crippen LogP) is 4.21. The molecule has 1 amide bonds. The molecule has 3 N–H and O–H groups in total. The van der Waals surface area contributed by atoms with Crippen LogP contribution < -0.4 is 11.1 Å². The zero-order valence-corrected chi connectivity index (χ0v) is 13.3. The Labute approximate surface area is 125 Å². The lowest BCUT2D eigenvalue weighted by molar-refractivity contribution is -0.121. The van der Waals surface area contributed by atoms with E-state index in [0.29, 0.717) is 28.6 Å². The number of hydrogen-bond donors (Lipinski definition) is 2. The van der Waals surface area contributed by atoms with Crippen molar-refractivity contribution in [2.24, 2.45) is 5.73 Å². The topological polar surface area (TPSA) is 55.1 Å². The highest BCUT2D eigenvalue weighted by atomic mass is 79.9. The molecule has 1 aromatic carbocycles. The van der Waals surface area contributed by atoms with Crippen molar-refractivity contribution in [2.45, 2.75) is 32.2 Å². The molecule has 0 fully saturated rings. The molecule has 0 saturated heterocycles. The van der Waals surface area contributed by atoms with Gasteiger partial charge >= 0.3 is 0 Å². The summed E-state index contributed by atoms with van der Waals surface area (Å²) in [5.41, 5.74) is 5.50. The Morgan fingerprint density at radius 3 is 2.17 bits per heavy atom. The zero-order valence-electron chi connectivity index (χ0n) is 10.2. The van der Waals surface area contributed by atoms with E-state index in [9.17, 15) is 4.79 Å². The molecule has 18 heavy (non-hydrogen) atoms. The molecule has 0 radical (unpaired) electrons.